The van der Waals surface area contributed by atoms with E-state index in [4.69, 9.17) is 4.74 Å². The van der Waals surface area contributed by atoms with Crippen molar-refractivity contribution >= 4 is 5.95 Å². The van der Waals surface area contributed by atoms with Crippen LogP contribution >= 0.6 is 0 Å². The molecule has 0 spiro atoms. The molecule has 2 rings (SSSR count). The van der Waals surface area contributed by atoms with Gasteiger partial charge in [-0.25, -0.2) is 9.97 Å². The minimum Gasteiger partial charge on any atom is -0.489 e. The van der Waals surface area contributed by atoms with Gasteiger partial charge in [-0.2, -0.15) is 0 Å². The minimum absolute atomic E-state index is 0.122. The molecule has 5 heteroatoms. The van der Waals surface area contributed by atoms with Crippen molar-refractivity contribution in [2.45, 2.75) is 33.8 Å². The first-order valence-electron chi connectivity index (χ1n) is 6.80. The lowest BCUT2D eigenvalue weighted by molar-refractivity contribution is 0.241. The molecule has 0 fully saturated rings. The number of anilines is 1. The van der Waals surface area contributed by atoms with Crippen molar-refractivity contribution < 1.29 is 4.74 Å². The van der Waals surface area contributed by atoms with Crippen LogP contribution < -0.4 is 10.1 Å². The van der Waals surface area contributed by atoms with Crippen LogP contribution in [0.5, 0.6) is 5.75 Å². The molecular weight excluding hydrogens is 252 g/mol. The average Bonchev–Trinajstić information content (AvgIpc) is 2.38. The topological polar surface area (TPSA) is 59.9 Å². The first-order valence-corrected chi connectivity index (χ1v) is 6.80. The van der Waals surface area contributed by atoms with Gasteiger partial charge in [0.15, 0.2) is 0 Å². The van der Waals surface area contributed by atoms with Crippen molar-refractivity contribution in [3.63, 3.8) is 0 Å². The van der Waals surface area contributed by atoms with E-state index in [1.165, 1.54) is 0 Å². The van der Waals surface area contributed by atoms with Crippen molar-refractivity contribution in [3.8, 4) is 17.0 Å². The molecule has 0 amide bonds. The van der Waals surface area contributed by atoms with Crippen molar-refractivity contribution in [2.75, 3.05) is 11.9 Å². The molecule has 0 aliphatic rings. The van der Waals surface area contributed by atoms with Gasteiger partial charge in [0.2, 0.25) is 5.95 Å². The standard InChI is InChI=1S/C15H20N4O/c1-5-17-15-18-11(4)6-14(19-15)12-7-13(9-16-8-12)20-10(2)3/h6-10H,5H2,1-4H3,(H,17,18,19). The minimum atomic E-state index is 0.122. The van der Waals surface area contributed by atoms with Crippen LogP contribution in [0, 0.1) is 6.92 Å². The molecule has 0 saturated carbocycles. The smallest absolute Gasteiger partial charge is 0.223 e. The molecule has 0 unspecified atom stereocenters. The summed E-state index contributed by atoms with van der Waals surface area (Å²) < 4.78 is 5.66. The SMILES string of the molecule is CCNc1nc(C)cc(-c2cncc(OC(C)C)c2)n1. The number of aromatic nitrogens is 3. The Bertz CT molecular complexity index is 584. The van der Waals surface area contributed by atoms with Gasteiger partial charge in [0.25, 0.3) is 0 Å². The molecule has 0 aromatic carbocycles. The van der Waals surface area contributed by atoms with E-state index in [0.717, 1.165) is 29.2 Å². The molecule has 1 N–H and O–H groups in total. The lowest BCUT2D eigenvalue weighted by Gasteiger charge is -2.11. The van der Waals surface area contributed by atoms with E-state index in [1.807, 2.05) is 39.8 Å². The van der Waals surface area contributed by atoms with Crippen LogP contribution in [0.3, 0.4) is 0 Å². The van der Waals surface area contributed by atoms with Gasteiger partial charge in [0.1, 0.15) is 5.75 Å². The van der Waals surface area contributed by atoms with E-state index in [2.05, 4.69) is 20.3 Å². The Morgan fingerprint density at radius 2 is 2.00 bits per heavy atom. The highest BCUT2D eigenvalue weighted by Crippen LogP contribution is 2.23. The Hall–Kier alpha value is -2.17. The van der Waals surface area contributed by atoms with Crippen LogP contribution in [0.15, 0.2) is 24.5 Å². The van der Waals surface area contributed by atoms with E-state index < -0.39 is 0 Å². The van der Waals surface area contributed by atoms with Crippen LogP contribution in [0.4, 0.5) is 5.95 Å². The third-order valence-corrected chi connectivity index (χ3v) is 2.57. The molecule has 2 aromatic heterocycles. The second kappa shape index (κ2) is 6.32. The number of rotatable bonds is 5. The number of nitrogens with zero attached hydrogens (tertiary/aromatic N) is 3. The van der Waals surface area contributed by atoms with Gasteiger partial charge in [-0.3, -0.25) is 4.98 Å². The second-order valence-corrected chi connectivity index (χ2v) is 4.82. The van der Waals surface area contributed by atoms with Gasteiger partial charge < -0.3 is 10.1 Å². The summed E-state index contributed by atoms with van der Waals surface area (Å²) in [6.07, 6.45) is 3.62. The number of pyridine rings is 1. The predicted molar refractivity (Wildman–Crippen MR) is 79.9 cm³/mol. The molecule has 0 atom stereocenters. The highest BCUT2D eigenvalue weighted by Gasteiger charge is 2.07. The fourth-order valence-electron chi connectivity index (χ4n) is 1.85. The van der Waals surface area contributed by atoms with Gasteiger partial charge in [-0.1, -0.05) is 0 Å². The molecule has 5 nitrogen and oxygen atoms in total. The van der Waals surface area contributed by atoms with Gasteiger partial charge in [-0.15, -0.1) is 0 Å². The van der Waals surface area contributed by atoms with E-state index in [9.17, 15) is 0 Å². The van der Waals surface area contributed by atoms with Crippen LogP contribution in [0.25, 0.3) is 11.3 Å². The summed E-state index contributed by atoms with van der Waals surface area (Å²) in [5.41, 5.74) is 2.68. The fraction of sp³-hybridized carbons (Fsp3) is 0.400. The molecular formula is C15H20N4O. The van der Waals surface area contributed by atoms with Crippen LogP contribution in [0.2, 0.25) is 0 Å². The van der Waals surface area contributed by atoms with Gasteiger partial charge in [0.05, 0.1) is 18.0 Å². The fourth-order valence-corrected chi connectivity index (χ4v) is 1.85. The van der Waals surface area contributed by atoms with Gasteiger partial charge >= 0.3 is 0 Å². The average molecular weight is 272 g/mol. The van der Waals surface area contributed by atoms with Gasteiger partial charge in [-0.05, 0) is 39.8 Å². The zero-order valence-electron chi connectivity index (χ0n) is 12.3. The quantitative estimate of drug-likeness (QED) is 0.906. The Labute approximate surface area is 119 Å². The molecule has 20 heavy (non-hydrogen) atoms. The Morgan fingerprint density at radius 3 is 2.70 bits per heavy atom. The largest absolute Gasteiger partial charge is 0.489 e. The zero-order valence-corrected chi connectivity index (χ0v) is 12.3. The predicted octanol–water partition coefficient (Wildman–Crippen LogP) is 3.07. The summed E-state index contributed by atoms with van der Waals surface area (Å²) in [6.45, 7) is 8.74. The molecule has 2 heterocycles. The third-order valence-electron chi connectivity index (χ3n) is 2.57. The maximum absolute atomic E-state index is 5.66. The number of nitrogens with one attached hydrogen (secondary N) is 1. The van der Waals surface area contributed by atoms with E-state index in [-0.39, 0.29) is 6.10 Å². The molecule has 106 valence electrons. The van der Waals surface area contributed by atoms with Crippen LogP contribution in [-0.2, 0) is 0 Å². The van der Waals surface area contributed by atoms with E-state index >= 15 is 0 Å². The number of aryl methyl sites for hydroxylation is 1. The molecule has 0 radical (unpaired) electrons. The zero-order chi connectivity index (χ0) is 14.5. The maximum Gasteiger partial charge on any atom is 0.223 e. The maximum atomic E-state index is 5.66. The second-order valence-electron chi connectivity index (χ2n) is 4.82. The lowest BCUT2D eigenvalue weighted by atomic mass is 10.2. The van der Waals surface area contributed by atoms with Crippen molar-refractivity contribution in [1.29, 1.82) is 0 Å². The summed E-state index contributed by atoms with van der Waals surface area (Å²) in [4.78, 5) is 13.1. The highest BCUT2D eigenvalue weighted by molar-refractivity contribution is 5.61. The Kier molecular flexibility index (Phi) is 4.50. The number of ether oxygens (including phenoxy) is 1. The van der Waals surface area contributed by atoms with Crippen molar-refractivity contribution in [2.24, 2.45) is 0 Å². The van der Waals surface area contributed by atoms with Gasteiger partial charge in [0, 0.05) is 24.0 Å². The summed E-state index contributed by atoms with van der Waals surface area (Å²) >= 11 is 0. The van der Waals surface area contributed by atoms with Crippen molar-refractivity contribution in [3.05, 3.63) is 30.2 Å². The summed E-state index contributed by atoms with van der Waals surface area (Å²) in [6, 6.07) is 3.89. The first kappa shape index (κ1) is 14.2. The van der Waals surface area contributed by atoms with E-state index in [0.29, 0.717) is 5.95 Å². The Morgan fingerprint density at radius 1 is 1.20 bits per heavy atom. The summed E-state index contributed by atoms with van der Waals surface area (Å²) in [5.74, 6) is 1.39. The van der Waals surface area contributed by atoms with E-state index in [1.54, 1.807) is 12.4 Å². The first-order chi connectivity index (χ1) is 9.58. The normalized spacial score (nSPS) is 10.7. The Balaban J connectivity index is 2.35. The number of hydrogen-bond acceptors (Lipinski definition) is 5. The summed E-state index contributed by atoms with van der Waals surface area (Å²) in [7, 11) is 0. The molecule has 0 aliphatic carbocycles. The molecule has 2 aromatic rings. The lowest BCUT2D eigenvalue weighted by Crippen LogP contribution is -2.06. The van der Waals surface area contributed by atoms with Crippen molar-refractivity contribution in [1.82, 2.24) is 15.0 Å². The summed E-state index contributed by atoms with van der Waals surface area (Å²) in [5, 5.41) is 3.13. The highest BCUT2D eigenvalue weighted by atomic mass is 16.5. The molecule has 0 saturated heterocycles. The van der Waals surface area contributed by atoms with Crippen LogP contribution in [0.1, 0.15) is 26.5 Å². The third kappa shape index (κ3) is 3.66. The molecule has 0 bridgehead atoms. The molecule has 0 aliphatic heterocycles. The monoisotopic (exact) mass is 272 g/mol. The number of hydrogen-bond donors (Lipinski definition) is 1. The van der Waals surface area contributed by atoms with Crippen LogP contribution in [-0.4, -0.2) is 27.6 Å².